The van der Waals surface area contributed by atoms with Crippen molar-refractivity contribution in [2.45, 2.75) is 27.2 Å². The lowest BCUT2D eigenvalue weighted by molar-refractivity contribution is 0.0505. The van der Waals surface area contributed by atoms with Crippen LogP contribution in [0.15, 0.2) is 42.5 Å². The zero-order valence-electron chi connectivity index (χ0n) is 16.7. The molecule has 29 heavy (non-hydrogen) atoms. The maximum Gasteiger partial charge on any atom is 0.338 e. The number of benzene rings is 2. The molecule has 0 aliphatic rings. The molecule has 0 amide bonds. The highest BCUT2D eigenvalue weighted by molar-refractivity contribution is 5.89. The molecule has 7 nitrogen and oxygen atoms in total. The van der Waals surface area contributed by atoms with Gasteiger partial charge in [-0.2, -0.15) is 5.10 Å². The first kappa shape index (κ1) is 20.3. The van der Waals surface area contributed by atoms with Gasteiger partial charge in [0.25, 0.3) is 0 Å². The number of hydrogen-bond acceptors (Lipinski definition) is 6. The second kappa shape index (κ2) is 9.14. The summed E-state index contributed by atoms with van der Waals surface area (Å²) in [5, 5.41) is 17.6. The number of esters is 1. The largest absolute Gasteiger partial charge is 0.507 e. The Morgan fingerprint density at radius 1 is 1.10 bits per heavy atom. The second-order valence-electron chi connectivity index (χ2n) is 6.40. The first-order chi connectivity index (χ1) is 14.0. The lowest BCUT2D eigenvalue weighted by Crippen LogP contribution is -2.05. The van der Waals surface area contributed by atoms with Crippen molar-refractivity contribution in [3.63, 3.8) is 0 Å². The van der Waals surface area contributed by atoms with Gasteiger partial charge in [0.15, 0.2) is 5.75 Å². The van der Waals surface area contributed by atoms with E-state index < -0.39 is 0 Å². The number of H-pyrrole nitrogens is 1. The van der Waals surface area contributed by atoms with Gasteiger partial charge in [-0.3, -0.25) is 5.10 Å². The number of aromatic nitrogens is 2. The summed E-state index contributed by atoms with van der Waals surface area (Å²) in [6.45, 7) is 6.55. The van der Waals surface area contributed by atoms with Crippen LogP contribution in [-0.2, 0) is 4.74 Å². The van der Waals surface area contributed by atoms with Gasteiger partial charge in [-0.1, -0.05) is 6.92 Å². The van der Waals surface area contributed by atoms with Crippen LogP contribution >= 0.6 is 0 Å². The Kier molecular flexibility index (Phi) is 6.39. The van der Waals surface area contributed by atoms with Gasteiger partial charge in [-0.15, -0.1) is 0 Å². The van der Waals surface area contributed by atoms with Crippen molar-refractivity contribution in [2.24, 2.45) is 0 Å². The first-order valence-corrected chi connectivity index (χ1v) is 9.49. The van der Waals surface area contributed by atoms with Gasteiger partial charge in [0.05, 0.1) is 24.5 Å². The van der Waals surface area contributed by atoms with Crippen LogP contribution in [0.5, 0.6) is 23.0 Å². The average Bonchev–Trinajstić information content (AvgIpc) is 3.07. The normalized spacial score (nSPS) is 10.6. The maximum absolute atomic E-state index is 11.9. The van der Waals surface area contributed by atoms with Gasteiger partial charge in [0.1, 0.15) is 22.9 Å². The fourth-order valence-electron chi connectivity index (χ4n) is 2.75. The topological polar surface area (TPSA) is 93.7 Å². The van der Waals surface area contributed by atoms with Crippen molar-refractivity contribution in [3.8, 4) is 34.3 Å². The van der Waals surface area contributed by atoms with Crippen LogP contribution in [0, 0.1) is 6.92 Å². The number of aromatic hydroxyl groups is 1. The minimum absolute atomic E-state index is 0.0429. The lowest BCUT2D eigenvalue weighted by atomic mass is 10.1. The van der Waals surface area contributed by atoms with Gasteiger partial charge in [0.2, 0.25) is 0 Å². The summed E-state index contributed by atoms with van der Waals surface area (Å²) >= 11 is 0. The molecule has 0 saturated carbocycles. The Bertz CT molecular complexity index is 979. The van der Waals surface area contributed by atoms with Gasteiger partial charge >= 0.3 is 5.97 Å². The van der Waals surface area contributed by atoms with Gasteiger partial charge < -0.3 is 19.3 Å². The molecule has 0 saturated heterocycles. The molecule has 1 aromatic heterocycles. The van der Waals surface area contributed by atoms with Crippen LogP contribution in [0.3, 0.4) is 0 Å². The molecule has 0 atom stereocenters. The third-order valence-electron chi connectivity index (χ3n) is 4.17. The molecular formula is C22H24N2O5. The summed E-state index contributed by atoms with van der Waals surface area (Å²) in [4.78, 5) is 11.9. The Morgan fingerprint density at radius 3 is 2.48 bits per heavy atom. The molecule has 2 N–H and O–H groups in total. The fourth-order valence-corrected chi connectivity index (χ4v) is 2.75. The SMILES string of the molecule is CCCOC(=O)c1ccc(Oc2c(-c3ccc(OCC)cc3O)n[nH]c2C)cc1. The number of aryl methyl sites for hydroxylation is 1. The molecule has 1 heterocycles. The van der Waals surface area contributed by atoms with Crippen LogP contribution in [0.1, 0.15) is 36.3 Å². The molecule has 0 fully saturated rings. The van der Waals surface area contributed by atoms with Crippen LogP contribution in [0.2, 0.25) is 0 Å². The molecule has 0 bridgehead atoms. The van der Waals surface area contributed by atoms with Crippen molar-refractivity contribution in [1.82, 2.24) is 10.2 Å². The Balaban J connectivity index is 1.83. The molecule has 2 aromatic carbocycles. The van der Waals surface area contributed by atoms with Crippen LogP contribution in [-0.4, -0.2) is 34.5 Å². The number of carbonyl (C=O) groups excluding carboxylic acids is 1. The third-order valence-corrected chi connectivity index (χ3v) is 4.17. The van der Waals surface area contributed by atoms with E-state index in [1.165, 1.54) is 0 Å². The molecular weight excluding hydrogens is 372 g/mol. The zero-order chi connectivity index (χ0) is 20.8. The predicted molar refractivity (Wildman–Crippen MR) is 109 cm³/mol. The number of nitrogens with zero attached hydrogens (tertiary/aromatic N) is 1. The number of phenols is 1. The Hall–Kier alpha value is -3.48. The number of nitrogens with one attached hydrogen (secondary N) is 1. The highest BCUT2D eigenvalue weighted by Gasteiger charge is 2.18. The molecule has 3 rings (SSSR count). The first-order valence-electron chi connectivity index (χ1n) is 9.49. The summed E-state index contributed by atoms with van der Waals surface area (Å²) in [5.41, 5.74) is 2.17. The van der Waals surface area contributed by atoms with E-state index in [2.05, 4.69) is 10.2 Å². The van der Waals surface area contributed by atoms with E-state index in [1.807, 2.05) is 20.8 Å². The van der Waals surface area contributed by atoms with E-state index in [1.54, 1.807) is 42.5 Å². The molecule has 0 radical (unpaired) electrons. The summed E-state index contributed by atoms with van der Waals surface area (Å²) < 4.78 is 16.5. The number of phenolic OH excluding ortho intramolecular Hbond substituents is 1. The molecule has 0 unspecified atom stereocenters. The number of hydrogen-bond donors (Lipinski definition) is 2. The van der Waals surface area contributed by atoms with Gasteiger partial charge in [-0.25, -0.2) is 4.79 Å². The number of carbonyl (C=O) groups is 1. The molecule has 7 heteroatoms. The van der Waals surface area contributed by atoms with E-state index in [9.17, 15) is 9.90 Å². The summed E-state index contributed by atoms with van der Waals surface area (Å²) in [6.07, 6.45) is 0.772. The molecule has 3 aromatic rings. The van der Waals surface area contributed by atoms with E-state index in [4.69, 9.17) is 14.2 Å². The number of ether oxygens (including phenoxy) is 3. The van der Waals surface area contributed by atoms with Gasteiger partial charge in [-0.05, 0) is 56.7 Å². The molecule has 0 aliphatic carbocycles. The van der Waals surface area contributed by atoms with Crippen molar-refractivity contribution in [1.29, 1.82) is 0 Å². The second-order valence-corrected chi connectivity index (χ2v) is 6.40. The minimum atomic E-state index is -0.363. The quantitative estimate of drug-likeness (QED) is 0.529. The highest BCUT2D eigenvalue weighted by Crippen LogP contribution is 2.39. The monoisotopic (exact) mass is 396 g/mol. The smallest absolute Gasteiger partial charge is 0.338 e. The maximum atomic E-state index is 11.9. The zero-order valence-corrected chi connectivity index (χ0v) is 16.7. The van der Waals surface area contributed by atoms with Crippen molar-refractivity contribution >= 4 is 5.97 Å². The summed E-state index contributed by atoms with van der Waals surface area (Å²) in [6, 6.07) is 11.7. The standard InChI is InChI=1S/C22H24N2O5/c1-4-12-28-22(26)15-6-8-16(9-7-15)29-21-14(3)23-24-20(21)18-11-10-17(27-5-2)13-19(18)25/h6-11,13,25H,4-5,12H2,1-3H3,(H,23,24). The molecule has 0 aliphatic heterocycles. The third kappa shape index (κ3) is 4.68. The van der Waals surface area contributed by atoms with Crippen LogP contribution < -0.4 is 9.47 Å². The van der Waals surface area contributed by atoms with Crippen molar-refractivity contribution in [3.05, 3.63) is 53.7 Å². The number of rotatable bonds is 8. The lowest BCUT2D eigenvalue weighted by Gasteiger charge is -2.10. The number of aromatic amines is 1. The van der Waals surface area contributed by atoms with E-state index in [0.717, 1.165) is 6.42 Å². The predicted octanol–water partition coefficient (Wildman–Crippen LogP) is 4.85. The van der Waals surface area contributed by atoms with Crippen molar-refractivity contribution < 1.29 is 24.1 Å². The van der Waals surface area contributed by atoms with Crippen molar-refractivity contribution in [2.75, 3.05) is 13.2 Å². The summed E-state index contributed by atoms with van der Waals surface area (Å²) in [7, 11) is 0. The van der Waals surface area contributed by atoms with E-state index >= 15 is 0 Å². The average molecular weight is 396 g/mol. The minimum Gasteiger partial charge on any atom is -0.507 e. The Morgan fingerprint density at radius 2 is 1.83 bits per heavy atom. The molecule has 152 valence electrons. The van der Waals surface area contributed by atoms with Crippen LogP contribution in [0.4, 0.5) is 0 Å². The van der Waals surface area contributed by atoms with Gasteiger partial charge in [0, 0.05) is 11.6 Å². The van der Waals surface area contributed by atoms with Crippen LogP contribution in [0.25, 0.3) is 11.3 Å². The molecule has 0 spiro atoms. The summed E-state index contributed by atoms with van der Waals surface area (Å²) in [5.74, 6) is 1.28. The Labute approximate surface area is 169 Å². The fraction of sp³-hybridized carbons (Fsp3) is 0.273. The highest BCUT2D eigenvalue weighted by atomic mass is 16.5. The van der Waals surface area contributed by atoms with E-state index in [-0.39, 0.29) is 11.7 Å². The van der Waals surface area contributed by atoms with E-state index in [0.29, 0.717) is 53.0 Å².